The van der Waals surface area contributed by atoms with Crippen molar-refractivity contribution < 1.29 is 14.2 Å². The maximum absolute atomic E-state index is 12.7. The van der Waals surface area contributed by atoms with Gasteiger partial charge in [-0.05, 0) is 44.7 Å². The molecule has 2 atom stereocenters. The average molecular weight is 298 g/mol. The van der Waals surface area contributed by atoms with Gasteiger partial charge in [-0.1, -0.05) is 6.92 Å². The van der Waals surface area contributed by atoms with Crippen LogP contribution >= 0.6 is 0 Å². The van der Waals surface area contributed by atoms with Gasteiger partial charge in [-0.25, -0.2) is 4.39 Å². The molecule has 0 amide bonds. The first-order chi connectivity index (χ1) is 10.0. The van der Waals surface area contributed by atoms with Gasteiger partial charge in [0.05, 0.1) is 0 Å². The number of nitrogens with zero attached hydrogens (tertiary/aromatic N) is 1. The SMILES string of the molecule is CCC(C)N(C)CCNCC(O)COc1ccc(F)cc1. The number of hydrogen-bond acceptors (Lipinski definition) is 4. The second-order valence-electron chi connectivity index (χ2n) is 5.36. The molecule has 0 saturated carbocycles. The Labute approximate surface area is 126 Å². The Bertz CT molecular complexity index is 386. The van der Waals surface area contributed by atoms with E-state index in [0.29, 0.717) is 18.3 Å². The largest absolute Gasteiger partial charge is 0.491 e. The third-order valence-corrected chi connectivity index (χ3v) is 3.62. The van der Waals surface area contributed by atoms with Gasteiger partial charge in [0.1, 0.15) is 24.3 Å². The van der Waals surface area contributed by atoms with E-state index >= 15 is 0 Å². The van der Waals surface area contributed by atoms with Gasteiger partial charge in [-0.2, -0.15) is 0 Å². The lowest BCUT2D eigenvalue weighted by atomic mass is 10.2. The Morgan fingerprint density at radius 2 is 2.00 bits per heavy atom. The van der Waals surface area contributed by atoms with Crippen molar-refractivity contribution in [1.82, 2.24) is 10.2 Å². The quantitative estimate of drug-likeness (QED) is 0.648. The second-order valence-corrected chi connectivity index (χ2v) is 5.36. The predicted molar refractivity (Wildman–Crippen MR) is 83.2 cm³/mol. The molecule has 5 heteroatoms. The molecule has 0 aliphatic carbocycles. The number of aliphatic hydroxyl groups is 1. The third-order valence-electron chi connectivity index (χ3n) is 3.62. The molecule has 1 aromatic carbocycles. The van der Waals surface area contributed by atoms with Gasteiger partial charge in [0.25, 0.3) is 0 Å². The molecule has 1 rings (SSSR count). The van der Waals surface area contributed by atoms with Crippen molar-refractivity contribution in [3.05, 3.63) is 30.1 Å². The van der Waals surface area contributed by atoms with E-state index in [0.717, 1.165) is 19.5 Å². The van der Waals surface area contributed by atoms with Gasteiger partial charge in [0, 0.05) is 25.7 Å². The first-order valence-corrected chi connectivity index (χ1v) is 7.50. The zero-order valence-corrected chi connectivity index (χ0v) is 13.2. The van der Waals surface area contributed by atoms with E-state index in [4.69, 9.17) is 4.74 Å². The molecule has 0 heterocycles. The van der Waals surface area contributed by atoms with Crippen molar-refractivity contribution in [3.63, 3.8) is 0 Å². The summed E-state index contributed by atoms with van der Waals surface area (Å²) in [6, 6.07) is 6.35. The van der Waals surface area contributed by atoms with Crippen LogP contribution < -0.4 is 10.1 Å². The van der Waals surface area contributed by atoms with Gasteiger partial charge >= 0.3 is 0 Å². The molecule has 0 saturated heterocycles. The van der Waals surface area contributed by atoms with Crippen molar-refractivity contribution >= 4 is 0 Å². The molecule has 4 nitrogen and oxygen atoms in total. The highest BCUT2D eigenvalue weighted by atomic mass is 19.1. The fourth-order valence-electron chi connectivity index (χ4n) is 1.84. The zero-order chi connectivity index (χ0) is 15.7. The predicted octanol–water partition coefficient (Wildman–Crippen LogP) is 1.89. The van der Waals surface area contributed by atoms with Crippen LogP contribution in [0.2, 0.25) is 0 Å². The normalized spacial score (nSPS) is 14.2. The Morgan fingerprint density at radius 1 is 1.33 bits per heavy atom. The van der Waals surface area contributed by atoms with Crippen molar-refractivity contribution in [1.29, 1.82) is 0 Å². The summed E-state index contributed by atoms with van der Waals surface area (Å²) in [5.74, 6) is 0.266. The molecule has 0 aromatic heterocycles. The minimum Gasteiger partial charge on any atom is -0.491 e. The van der Waals surface area contributed by atoms with E-state index in [9.17, 15) is 9.50 Å². The van der Waals surface area contributed by atoms with Gasteiger partial charge in [0.15, 0.2) is 0 Å². The lowest BCUT2D eigenvalue weighted by Gasteiger charge is -2.23. The number of hydrogen-bond donors (Lipinski definition) is 2. The van der Waals surface area contributed by atoms with Crippen LogP contribution in [0.4, 0.5) is 4.39 Å². The monoisotopic (exact) mass is 298 g/mol. The van der Waals surface area contributed by atoms with Crippen LogP contribution in [0.3, 0.4) is 0 Å². The molecule has 0 bridgehead atoms. The standard InChI is InChI=1S/C16H27FN2O2/c1-4-13(2)19(3)10-9-18-11-15(20)12-21-16-7-5-14(17)6-8-16/h5-8,13,15,18,20H,4,9-12H2,1-3H3. The molecule has 2 unspecified atom stereocenters. The highest BCUT2D eigenvalue weighted by Crippen LogP contribution is 2.11. The lowest BCUT2D eigenvalue weighted by molar-refractivity contribution is 0.105. The molecule has 120 valence electrons. The number of nitrogens with one attached hydrogen (secondary N) is 1. The van der Waals surface area contributed by atoms with E-state index in [1.54, 1.807) is 12.1 Å². The summed E-state index contributed by atoms with van der Waals surface area (Å²) in [6.45, 7) is 6.82. The minimum atomic E-state index is -0.580. The van der Waals surface area contributed by atoms with Crippen LogP contribution in [-0.4, -0.2) is 55.4 Å². The van der Waals surface area contributed by atoms with Gasteiger partial charge in [-0.3, -0.25) is 0 Å². The fraction of sp³-hybridized carbons (Fsp3) is 0.625. The summed E-state index contributed by atoms with van der Waals surface area (Å²) >= 11 is 0. The molecular weight excluding hydrogens is 271 g/mol. The molecule has 1 aromatic rings. The van der Waals surface area contributed by atoms with Gasteiger partial charge in [-0.15, -0.1) is 0 Å². The molecule has 0 fully saturated rings. The van der Waals surface area contributed by atoms with E-state index < -0.39 is 6.10 Å². The number of benzene rings is 1. The maximum Gasteiger partial charge on any atom is 0.123 e. The smallest absolute Gasteiger partial charge is 0.123 e. The van der Waals surface area contributed by atoms with Crippen LogP contribution in [-0.2, 0) is 0 Å². The Hall–Kier alpha value is -1.17. The molecule has 0 spiro atoms. The summed E-state index contributed by atoms with van der Waals surface area (Å²) < 4.78 is 18.1. The number of ether oxygens (including phenoxy) is 1. The number of aliphatic hydroxyl groups excluding tert-OH is 1. The first-order valence-electron chi connectivity index (χ1n) is 7.50. The molecule has 0 radical (unpaired) electrons. The summed E-state index contributed by atoms with van der Waals surface area (Å²) in [5, 5.41) is 13.0. The highest BCUT2D eigenvalue weighted by Gasteiger charge is 2.07. The van der Waals surface area contributed by atoms with Crippen molar-refractivity contribution in [2.24, 2.45) is 0 Å². The Morgan fingerprint density at radius 3 is 2.62 bits per heavy atom. The van der Waals surface area contributed by atoms with E-state index in [1.165, 1.54) is 12.1 Å². The Balaban J connectivity index is 2.11. The van der Waals surface area contributed by atoms with E-state index in [1.807, 2.05) is 0 Å². The summed E-state index contributed by atoms with van der Waals surface area (Å²) in [4.78, 5) is 2.29. The highest BCUT2D eigenvalue weighted by molar-refractivity contribution is 5.22. The number of rotatable bonds is 10. The summed E-state index contributed by atoms with van der Waals surface area (Å²) in [5.41, 5.74) is 0. The molecule has 21 heavy (non-hydrogen) atoms. The average Bonchev–Trinajstić information content (AvgIpc) is 2.49. The van der Waals surface area contributed by atoms with Crippen LogP contribution in [0.15, 0.2) is 24.3 Å². The van der Waals surface area contributed by atoms with Gasteiger partial charge < -0.3 is 20.1 Å². The summed E-state index contributed by atoms with van der Waals surface area (Å²) in [7, 11) is 2.10. The van der Waals surface area contributed by atoms with Crippen LogP contribution in [0.5, 0.6) is 5.75 Å². The van der Waals surface area contributed by atoms with Crippen molar-refractivity contribution in [3.8, 4) is 5.75 Å². The lowest BCUT2D eigenvalue weighted by Crippen LogP contribution is -2.38. The van der Waals surface area contributed by atoms with E-state index in [-0.39, 0.29) is 12.4 Å². The molecule has 2 N–H and O–H groups in total. The molecular formula is C16H27FN2O2. The summed E-state index contributed by atoms with van der Waals surface area (Å²) in [6.07, 6.45) is 0.550. The topological polar surface area (TPSA) is 44.7 Å². The zero-order valence-electron chi connectivity index (χ0n) is 13.2. The van der Waals surface area contributed by atoms with Crippen molar-refractivity contribution in [2.45, 2.75) is 32.4 Å². The number of likely N-dealkylation sites (N-methyl/N-ethyl adjacent to an activating group) is 1. The fourth-order valence-corrected chi connectivity index (χ4v) is 1.84. The second kappa shape index (κ2) is 9.71. The number of halogens is 1. The minimum absolute atomic E-state index is 0.194. The third kappa shape index (κ3) is 7.41. The van der Waals surface area contributed by atoms with E-state index in [2.05, 4.69) is 31.1 Å². The van der Waals surface area contributed by atoms with Crippen LogP contribution in [0.25, 0.3) is 0 Å². The maximum atomic E-state index is 12.7. The molecule has 0 aliphatic heterocycles. The first kappa shape index (κ1) is 17.9. The Kier molecular flexibility index (Phi) is 8.27. The molecule has 0 aliphatic rings. The van der Waals surface area contributed by atoms with Gasteiger partial charge in [0.2, 0.25) is 0 Å². The van der Waals surface area contributed by atoms with Crippen molar-refractivity contribution in [2.75, 3.05) is 33.3 Å². The van der Waals surface area contributed by atoms with Crippen LogP contribution in [0.1, 0.15) is 20.3 Å². The van der Waals surface area contributed by atoms with Crippen LogP contribution in [0, 0.1) is 5.82 Å².